The Labute approximate surface area is 214 Å². The number of sulfonamides is 1. The highest BCUT2D eigenvalue weighted by Crippen LogP contribution is 2.33. The van der Waals surface area contributed by atoms with Gasteiger partial charge in [0.2, 0.25) is 11.8 Å². The fraction of sp³-hybridized carbons (Fsp3) is 0.429. The Morgan fingerprint density at radius 1 is 0.944 bits per heavy atom. The first-order valence-electron chi connectivity index (χ1n) is 12.7. The maximum Gasteiger partial charge on any atom is 0.264 e. The van der Waals surface area contributed by atoms with Gasteiger partial charge in [0.15, 0.2) is 0 Å². The summed E-state index contributed by atoms with van der Waals surface area (Å²) in [6, 6.07) is 15.1. The molecular weight excluding hydrogens is 472 g/mol. The summed E-state index contributed by atoms with van der Waals surface area (Å²) in [6.07, 6.45) is 4.01. The zero-order valence-corrected chi connectivity index (χ0v) is 22.0. The smallest absolute Gasteiger partial charge is 0.264 e. The van der Waals surface area contributed by atoms with E-state index in [1.807, 2.05) is 50.2 Å². The van der Waals surface area contributed by atoms with Gasteiger partial charge in [-0.15, -0.1) is 0 Å². The van der Waals surface area contributed by atoms with Gasteiger partial charge < -0.3 is 9.64 Å². The summed E-state index contributed by atoms with van der Waals surface area (Å²) in [5.41, 5.74) is 4.75. The summed E-state index contributed by atoms with van der Waals surface area (Å²) in [6.45, 7) is 6.75. The molecule has 1 N–H and O–H groups in total. The minimum absolute atomic E-state index is 0.0154. The van der Waals surface area contributed by atoms with E-state index in [0.717, 1.165) is 61.0 Å². The number of piperidine rings is 1. The van der Waals surface area contributed by atoms with Gasteiger partial charge in [-0.25, -0.2) is 18.1 Å². The first-order chi connectivity index (χ1) is 17.3. The molecular formula is C28H34N4O3S. The van der Waals surface area contributed by atoms with Crippen LogP contribution in [0.1, 0.15) is 36.0 Å². The van der Waals surface area contributed by atoms with Crippen LogP contribution in [0.25, 0.3) is 11.3 Å². The maximum absolute atomic E-state index is 13.3. The predicted molar refractivity (Wildman–Crippen MR) is 142 cm³/mol. The van der Waals surface area contributed by atoms with Crippen LogP contribution in [0.5, 0.6) is 5.88 Å². The molecule has 7 nitrogen and oxygen atoms in total. The normalized spacial score (nSPS) is 20.8. The molecule has 1 atom stereocenters. The number of nitrogens with one attached hydrogen (secondary N) is 1. The topological polar surface area (TPSA) is 84.4 Å². The van der Waals surface area contributed by atoms with Crippen LogP contribution in [-0.4, -0.2) is 50.0 Å². The van der Waals surface area contributed by atoms with Gasteiger partial charge in [0.1, 0.15) is 0 Å². The van der Waals surface area contributed by atoms with E-state index in [2.05, 4.69) is 26.6 Å². The third kappa shape index (κ3) is 5.39. The van der Waals surface area contributed by atoms with Gasteiger partial charge >= 0.3 is 0 Å². The molecule has 3 heterocycles. The van der Waals surface area contributed by atoms with Crippen LogP contribution in [0.4, 0.5) is 5.95 Å². The number of hydrogen-bond acceptors (Lipinski definition) is 6. The number of rotatable bonds is 2. The van der Waals surface area contributed by atoms with Crippen molar-refractivity contribution in [3.8, 4) is 17.1 Å². The second kappa shape index (κ2) is 10.2. The number of nitrogens with zero attached hydrogens (tertiary/aromatic N) is 3. The molecule has 2 aromatic carbocycles. The lowest BCUT2D eigenvalue weighted by atomic mass is 9.79. The first kappa shape index (κ1) is 24.7. The van der Waals surface area contributed by atoms with Gasteiger partial charge in [0, 0.05) is 11.6 Å². The number of hydrogen-bond donors (Lipinski definition) is 1. The van der Waals surface area contributed by atoms with E-state index >= 15 is 0 Å². The largest absolute Gasteiger partial charge is 0.478 e. The SMILES string of the molecule is Cc1cccc(C)c1-c1cc2nc(n1)NS(=O)(=O)c1cccc(c1)CC(C1CCN(C)CC1)CCO2. The van der Waals surface area contributed by atoms with Crippen LogP contribution in [-0.2, 0) is 16.4 Å². The number of benzene rings is 2. The lowest BCUT2D eigenvalue weighted by Gasteiger charge is -2.34. The molecule has 4 bridgehead atoms. The molecule has 5 rings (SSSR count). The van der Waals surface area contributed by atoms with E-state index in [-0.39, 0.29) is 10.8 Å². The van der Waals surface area contributed by atoms with E-state index in [1.54, 1.807) is 12.1 Å². The van der Waals surface area contributed by atoms with Crippen molar-refractivity contribution in [3.63, 3.8) is 0 Å². The third-order valence-electron chi connectivity index (χ3n) is 7.54. The molecule has 190 valence electrons. The van der Waals surface area contributed by atoms with Crippen molar-refractivity contribution in [1.82, 2.24) is 14.9 Å². The summed E-state index contributed by atoms with van der Waals surface area (Å²) < 4.78 is 35.4. The second-order valence-electron chi connectivity index (χ2n) is 10.2. The molecule has 1 saturated heterocycles. The summed E-state index contributed by atoms with van der Waals surface area (Å²) in [5, 5.41) is 0. The molecule has 8 heteroatoms. The Kier molecular flexibility index (Phi) is 6.99. The van der Waals surface area contributed by atoms with Crippen molar-refractivity contribution in [2.24, 2.45) is 11.8 Å². The number of fused-ring (bicyclic) bond motifs is 4. The summed E-state index contributed by atoms with van der Waals surface area (Å²) in [4.78, 5) is 11.6. The number of likely N-dealkylation sites (tertiary alicyclic amines) is 1. The lowest BCUT2D eigenvalue weighted by molar-refractivity contribution is 0.148. The number of anilines is 1. The quantitative estimate of drug-likeness (QED) is 0.535. The predicted octanol–water partition coefficient (Wildman–Crippen LogP) is 4.84. The first-order valence-corrected chi connectivity index (χ1v) is 14.2. The molecule has 36 heavy (non-hydrogen) atoms. The zero-order valence-electron chi connectivity index (χ0n) is 21.2. The van der Waals surface area contributed by atoms with Gasteiger partial charge in [-0.3, -0.25) is 0 Å². The van der Waals surface area contributed by atoms with Gasteiger partial charge in [0.05, 0.1) is 17.2 Å². The highest BCUT2D eigenvalue weighted by atomic mass is 32.2. The fourth-order valence-electron chi connectivity index (χ4n) is 5.53. The minimum Gasteiger partial charge on any atom is -0.478 e. The molecule has 3 aromatic rings. The molecule has 0 radical (unpaired) electrons. The van der Waals surface area contributed by atoms with E-state index in [1.165, 1.54) is 0 Å². The van der Waals surface area contributed by atoms with E-state index in [0.29, 0.717) is 30.0 Å². The second-order valence-corrected chi connectivity index (χ2v) is 11.9. The molecule has 1 aromatic heterocycles. The van der Waals surface area contributed by atoms with E-state index in [4.69, 9.17) is 4.74 Å². The Bertz CT molecular complexity index is 1330. The van der Waals surface area contributed by atoms with Gasteiger partial charge in [0.25, 0.3) is 10.0 Å². The van der Waals surface area contributed by atoms with Crippen molar-refractivity contribution in [2.75, 3.05) is 31.5 Å². The van der Waals surface area contributed by atoms with Crippen LogP contribution in [0.3, 0.4) is 0 Å². The monoisotopic (exact) mass is 506 g/mol. The van der Waals surface area contributed by atoms with Gasteiger partial charge in [-0.1, -0.05) is 30.3 Å². The van der Waals surface area contributed by atoms with Gasteiger partial charge in [-0.2, -0.15) is 4.98 Å². The number of aryl methyl sites for hydroxylation is 2. The molecule has 1 unspecified atom stereocenters. The average molecular weight is 507 g/mol. The molecule has 0 amide bonds. The lowest BCUT2D eigenvalue weighted by Crippen LogP contribution is -2.34. The molecule has 1 fully saturated rings. The summed E-state index contributed by atoms with van der Waals surface area (Å²) >= 11 is 0. The van der Waals surface area contributed by atoms with E-state index in [9.17, 15) is 8.42 Å². The van der Waals surface area contributed by atoms with Crippen LogP contribution in [0, 0.1) is 25.7 Å². The molecule has 2 aliphatic rings. The van der Waals surface area contributed by atoms with Crippen molar-refractivity contribution in [1.29, 1.82) is 0 Å². The minimum atomic E-state index is -3.86. The van der Waals surface area contributed by atoms with Crippen LogP contribution in [0.15, 0.2) is 53.4 Å². The fourth-order valence-corrected chi connectivity index (χ4v) is 6.55. The standard InChI is InChI=1S/C28H34N4O3S/c1-19-6-4-7-20(2)27(19)25-18-26-30-28(29-25)31-36(33,34)24-9-5-8-21(17-24)16-23(12-15-35-26)22-10-13-32(3)14-11-22/h4-9,17-18,22-23H,10-16H2,1-3H3,(H,29,30,31). The average Bonchev–Trinajstić information content (AvgIpc) is 2.84. The number of ether oxygens (including phenoxy) is 1. The third-order valence-corrected chi connectivity index (χ3v) is 8.87. The van der Waals surface area contributed by atoms with Crippen molar-refractivity contribution in [3.05, 3.63) is 65.2 Å². The highest BCUT2D eigenvalue weighted by Gasteiger charge is 2.27. The van der Waals surface area contributed by atoms with Gasteiger partial charge in [-0.05, 0) is 100 Å². The van der Waals surface area contributed by atoms with Crippen molar-refractivity contribution in [2.45, 2.75) is 44.4 Å². The summed E-state index contributed by atoms with van der Waals surface area (Å²) in [5.74, 6) is 1.39. The molecule has 0 spiro atoms. The number of aromatic nitrogens is 2. The highest BCUT2D eigenvalue weighted by molar-refractivity contribution is 7.92. The molecule has 0 aliphatic carbocycles. The van der Waals surface area contributed by atoms with Crippen LogP contribution >= 0.6 is 0 Å². The molecule has 2 aliphatic heterocycles. The van der Waals surface area contributed by atoms with Crippen molar-refractivity contribution >= 4 is 16.0 Å². The van der Waals surface area contributed by atoms with E-state index < -0.39 is 10.0 Å². The van der Waals surface area contributed by atoms with Crippen molar-refractivity contribution < 1.29 is 13.2 Å². The Hall–Kier alpha value is -2.97. The Morgan fingerprint density at radius 2 is 1.67 bits per heavy atom. The zero-order chi connectivity index (χ0) is 25.3. The molecule has 0 saturated carbocycles. The Balaban J connectivity index is 1.55. The Morgan fingerprint density at radius 3 is 2.42 bits per heavy atom. The van der Waals surface area contributed by atoms with Crippen LogP contribution < -0.4 is 9.46 Å². The van der Waals surface area contributed by atoms with Crippen LogP contribution in [0.2, 0.25) is 0 Å². The maximum atomic E-state index is 13.3. The summed E-state index contributed by atoms with van der Waals surface area (Å²) in [7, 11) is -1.69.